The number of rotatable bonds is 4. The molecule has 1 aliphatic rings. The molecule has 0 atom stereocenters. The van der Waals surface area contributed by atoms with Crippen LogP contribution in [0.5, 0.6) is 5.75 Å². The molecule has 0 aliphatic heterocycles. The molecule has 1 saturated carbocycles. The van der Waals surface area contributed by atoms with E-state index in [1.54, 1.807) is 0 Å². The van der Waals surface area contributed by atoms with Gasteiger partial charge in [-0.25, -0.2) is 0 Å². The molecule has 1 aromatic carbocycles. The van der Waals surface area contributed by atoms with Crippen LogP contribution in [0.3, 0.4) is 0 Å². The topological polar surface area (TPSA) is 23.5 Å². The van der Waals surface area contributed by atoms with Crippen LogP contribution in [-0.4, -0.2) is 22.6 Å². The molecule has 1 N–H and O–H groups in total. The number of nitrogens with zero attached hydrogens (tertiary/aromatic N) is 1. The summed E-state index contributed by atoms with van der Waals surface area (Å²) in [4.78, 5) is 2.53. The SMILES string of the molecule is CCN(Cc1c(Br)cc(Br)c(O)c1Br)C1CCCCC1. The molecule has 0 unspecified atom stereocenters. The number of hydrogen-bond donors (Lipinski definition) is 1. The lowest BCUT2D eigenvalue weighted by atomic mass is 9.94. The number of hydrogen-bond acceptors (Lipinski definition) is 2. The van der Waals surface area contributed by atoms with E-state index in [9.17, 15) is 5.11 Å². The zero-order valence-electron chi connectivity index (χ0n) is 11.6. The second-order valence-electron chi connectivity index (χ2n) is 5.34. The molecule has 20 heavy (non-hydrogen) atoms. The van der Waals surface area contributed by atoms with E-state index in [1.165, 1.54) is 32.1 Å². The molecule has 2 nitrogen and oxygen atoms in total. The number of phenolic OH excluding ortho intramolecular Hbond substituents is 1. The van der Waals surface area contributed by atoms with Gasteiger partial charge in [0.1, 0.15) is 5.75 Å². The molecule has 0 radical (unpaired) electrons. The molecule has 0 saturated heterocycles. The van der Waals surface area contributed by atoms with E-state index in [0.717, 1.165) is 27.6 Å². The van der Waals surface area contributed by atoms with Crippen molar-refractivity contribution in [3.05, 3.63) is 25.0 Å². The number of halogens is 3. The van der Waals surface area contributed by atoms with Crippen molar-refractivity contribution in [2.45, 2.75) is 51.6 Å². The van der Waals surface area contributed by atoms with E-state index in [4.69, 9.17) is 0 Å². The average Bonchev–Trinajstić information content (AvgIpc) is 2.46. The molecule has 0 heterocycles. The van der Waals surface area contributed by atoms with Gasteiger partial charge in [-0.1, -0.05) is 42.1 Å². The largest absolute Gasteiger partial charge is 0.506 e. The van der Waals surface area contributed by atoms with Crippen LogP contribution in [0.4, 0.5) is 0 Å². The van der Waals surface area contributed by atoms with Gasteiger partial charge >= 0.3 is 0 Å². The maximum atomic E-state index is 10.1. The van der Waals surface area contributed by atoms with Gasteiger partial charge in [-0.2, -0.15) is 0 Å². The summed E-state index contributed by atoms with van der Waals surface area (Å²) in [5, 5.41) is 10.1. The van der Waals surface area contributed by atoms with Crippen LogP contribution in [0, 0.1) is 0 Å². The fraction of sp³-hybridized carbons (Fsp3) is 0.600. The molecule has 1 fully saturated rings. The summed E-state index contributed by atoms with van der Waals surface area (Å²) in [5.41, 5.74) is 1.12. The van der Waals surface area contributed by atoms with Gasteiger partial charge in [0.15, 0.2) is 0 Å². The van der Waals surface area contributed by atoms with Crippen molar-refractivity contribution < 1.29 is 5.11 Å². The van der Waals surface area contributed by atoms with Crippen LogP contribution in [0.1, 0.15) is 44.6 Å². The second kappa shape index (κ2) is 7.61. The Bertz CT molecular complexity index is 473. The van der Waals surface area contributed by atoms with Gasteiger partial charge in [-0.15, -0.1) is 0 Å². The maximum absolute atomic E-state index is 10.1. The minimum atomic E-state index is 0.280. The Balaban J connectivity index is 2.21. The molecular formula is C15H20Br3NO. The predicted octanol–water partition coefficient (Wildman–Crippen LogP) is 5.83. The van der Waals surface area contributed by atoms with Crippen molar-refractivity contribution in [2.24, 2.45) is 0 Å². The zero-order valence-corrected chi connectivity index (χ0v) is 16.4. The van der Waals surface area contributed by atoms with E-state index >= 15 is 0 Å². The molecule has 1 aromatic rings. The van der Waals surface area contributed by atoms with E-state index in [0.29, 0.717) is 10.5 Å². The Morgan fingerprint density at radius 3 is 2.40 bits per heavy atom. The van der Waals surface area contributed by atoms with Crippen molar-refractivity contribution in [1.29, 1.82) is 0 Å². The molecule has 0 spiro atoms. The monoisotopic (exact) mass is 467 g/mol. The standard InChI is InChI=1S/C15H20Br3NO/c1-2-19(10-6-4-3-5-7-10)9-11-12(16)8-13(17)15(20)14(11)18/h8,10,20H,2-7,9H2,1H3. The minimum absolute atomic E-state index is 0.280. The highest BCUT2D eigenvalue weighted by molar-refractivity contribution is 9.11. The lowest BCUT2D eigenvalue weighted by molar-refractivity contribution is 0.155. The third kappa shape index (κ3) is 3.79. The van der Waals surface area contributed by atoms with Crippen molar-refractivity contribution in [2.75, 3.05) is 6.54 Å². The summed E-state index contributed by atoms with van der Waals surface area (Å²) < 4.78 is 2.53. The summed E-state index contributed by atoms with van der Waals surface area (Å²) in [6.07, 6.45) is 6.65. The van der Waals surface area contributed by atoms with Crippen molar-refractivity contribution in [3.63, 3.8) is 0 Å². The molecule has 0 aromatic heterocycles. The van der Waals surface area contributed by atoms with Crippen LogP contribution in [0.15, 0.2) is 19.5 Å². The van der Waals surface area contributed by atoms with Gasteiger partial charge in [0.05, 0.1) is 8.95 Å². The molecule has 2 rings (SSSR count). The normalized spacial score (nSPS) is 16.9. The Labute approximate surface area is 146 Å². The van der Waals surface area contributed by atoms with E-state index in [-0.39, 0.29) is 5.75 Å². The lowest BCUT2D eigenvalue weighted by Crippen LogP contribution is -2.36. The number of benzene rings is 1. The Morgan fingerprint density at radius 1 is 1.15 bits per heavy atom. The molecule has 112 valence electrons. The molecule has 5 heteroatoms. The van der Waals surface area contributed by atoms with Crippen LogP contribution in [0.25, 0.3) is 0 Å². The summed E-state index contributed by atoms with van der Waals surface area (Å²) >= 11 is 10.5. The molecule has 0 bridgehead atoms. The first-order valence-electron chi connectivity index (χ1n) is 7.14. The highest BCUT2D eigenvalue weighted by Crippen LogP contribution is 2.40. The lowest BCUT2D eigenvalue weighted by Gasteiger charge is -2.34. The molecular weight excluding hydrogens is 450 g/mol. The van der Waals surface area contributed by atoms with Gasteiger partial charge in [0.25, 0.3) is 0 Å². The highest BCUT2D eigenvalue weighted by atomic mass is 79.9. The Kier molecular flexibility index (Phi) is 6.39. The van der Waals surface area contributed by atoms with E-state index in [1.807, 2.05) is 6.07 Å². The smallest absolute Gasteiger partial charge is 0.144 e. The van der Waals surface area contributed by atoms with Gasteiger partial charge in [-0.3, -0.25) is 4.90 Å². The minimum Gasteiger partial charge on any atom is -0.506 e. The predicted molar refractivity (Wildman–Crippen MR) is 94.2 cm³/mol. The van der Waals surface area contributed by atoms with Crippen LogP contribution >= 0.6 is 47.8 Å². The van der Waals surface area contributed by atoms with Crippen molar-refractivity contribution in [3.8, 4) is 5.75 Å². The third-order valence-electron chi connectivity index (χ3n) is 4.10. The fourth-order valence-electron chi connectivity index (χ4n) is 2.91. The van der Waals surface area contributed by atoms with Gasteiger partial charge in [0.2, 0.25) is 0 Å². The second-order valence-corrected chi connectivity index (χ2v) is 7.84. The zero-order chi connectivity index (χ0) is 14.7. The Morgan fingerprint density at radius 2 is 1.80 bits per heavy atom. The third-order valence-corrected chi connectivity index (χ3v) is 6.27. The quantitative estimate of drug-likeness (QED) is 0.599. The molecule has 1 aliphatic carbocycles. The summed E-state index contributed by atoms with van der Waals surface area (Å²) in [6.45, 7) is 4.12. The highest BCUT2D eigenvalue weighted by Gasteiger charge is 2.22. The summed E-state index contributed by atoms with van der Waals surface area (Å²) in [6, 6.07) is 2.60. The van der Waals surface area contributed by atoms with Gasteiger partial charge in [-0.05, 0) is 62.9 Å². The van der Waals surface area contributed by atoms with Gasteiger partial charge in [0, 0.05) is 17.1 Å². The first kappa shape index (κ1) is 16.8. The summed E-state index contributed by atoms with van der Waals surface area (Å²) in [7, 11) is 0. The Hall–Kier alpha value is 0.420. The van der Waals surface area contributed by atoms with E-state index < -0.39 is 0 Å². The maximum Gasteiger partial charge on any atom is 0.144 e. The number of phenols is 1. The van der Waals surface area contributed by atoms with Crippen LogP contribution in [-0.2, 0) is 6.54 Å². The van der Waals surface area contributed by atoms with Gasteiger partial charge < -0.3 is 5.11 Å². The van der Waals surface area contributed by atoms with Crippen molar-refractivity contribution >= 4 is 47.8 Å². The molecule has 0 amide bonds. The fourth-order valence-corrected chi connectivity index (χ4v) is 5.28. The van der Waals surface area contributed by atoms with E-state index in [2.05, 4.69) is 59.6 Å². The average molecular weight is 470 g/mol. The first-order valence-corrected chi connectivity index (χ1v) is 9.51. The first-order chi connectivity index (χ1) is 9.54. The number of aromatic hydroxyl groups is 1. The summed E-state index contributed by atoms with van der Waals surface area (Å²) in [5.74, 6) is 0.280. The van der Waals surface area contributed by atoms with Crippen LogP contribution in [0.2, 0.25) is 0 Å². The van der Waals surface area contributed by atoms with Crippen LogP contribution < -0.4 is 0 Å². The van der Waals surface area contributed by atoms with Crippen molar-refractivity contribution in [1.82, 2.24) is 4.90 Å².